The first-order valence-electron chi connectivity index (χ1n) is 5.30. The zero-order valence-electron chi connectivity index (χ0n) is 9.68. The number of rotatable bonds is 2. The predicted molar refractivity (Wildman–Crippen MR) is 86.2 cm³/mol. The van der Waals surface area contributed by atoms with E-state index in [4.69, 9.17) is 23.2 Å². The van der Waals surface area contributed by atoms with Gasteiger partial charge in [-0.3, -0.25) is 4.79 Å². The quantitative estimate of drug-likeness (QED) is 0.577. The number of anilines is 1. The molecule has 7 heteroatoms. The lowest BCUT2D eigenvalue weighted by molar-refractivity contribution is 0.102. The van der Waals surface area contributed by atoms with E-state index >= 15 is 0 Å². The number of hydrogen-bond donors (Lipinski definition) is 1. The van der Waals surface area contributed by atoms with Gasteiger partial charge in [0.1, 0.15) is 5.82 Å². The first kappa shape index (κ1) is 15.8. The molecular formula is C13H6Br2Cl2FNO. The molecule has 0 aliphatic carbocycles. The van der Waals surface area contributed by atoms with Crippen molar-refractivity contribution in [2.45, 2.75) is 0 Å². The summed E-state index contributed by atoms with van der Waals surface area (Å²) < 4.78 is 14.0. The monoisotopic (exact) mass is 439 g/mol. The molecule has 1 N–H and O–H groups in total. The van der Waals surface area contributed by atoms with Crippen LogP contribution in [0.4, 0.5) is 10.1 Å². The van der Waals surface area contributed by atoms with Crippen molar-refractivity contribution in [2.24, 2.45) is 0 Å². The van der Waals surface area contributed by atoms with Crippen molar-refractivity contribution in [2.75, 3.05) is 5.32 Å². The Morgan fingerprint density at radius 3 is 2.40 bits per heavy atom. The Morgan fingerprint density at radius 2 is 1.75 bits per heavy atom. The molecule has 2 nitrogen and oxygen atoms in total. The molecule has 104 valence electrons. The SMILES string of the molecule is O=C(Nc1ccc(Br)c(Cl)c1Cl)c1ccc(F)cc1Br. The Morgan fingerprint density at radius 1 is 1.05 bits per heavy atom. The highest BCUT2D eigenvalue weighted by Gasteiger charge is 2.14. The highest BCUT2D eigenvalue weighted by atomic mass is 79.9. The molecule has 0 aromatic heterocycles. The zero-order chi connectivity index (χ0) is 14.9. The lowest BCUT2D eigenvalue weighted by atomic mass is 10.2. The fourth-order valence-corrected chi connectivity index (χ4v) is 2.84. The zero-order valence-corrected chi connectivity index (χ0v) is 14.4. The number of benzene rings is 2. The molecule has 2 aromatic carbocycles. The van der Waals surface area contributed by atoms with Crippen molar-refractivity contribution in [3.05, 3.63) is 60.7 Å². The van der Waals surface area contributed by atoms with E-state index in [1.165, 1.54) is 18.2 Å². The minimum absolute atomic E-state index is 0.229. The van der Waals surface area contributed by atoms with Gasteiger partial charge >= 0.3 is 0 Å². The lowest BCUT2D eigenvalue weighted by Gasteiger charge is -2.10. The fraction of sp³-hybridized carbons (Fsp3) is 0. The second-order valence-corrected chi connectivity index (χ2v) is 6.27. The molecule has 2 rings (SSSR count). The van der Waals surface area contributed by atoms with Crippen LogP contribution >= 0.6 is 55.1 Å². The third-order valence-corrected chi connectivity index (χ3v) is 4.89. The summed E-state index contributed by atoms with van der Waals surface area (Å²) in [6, 6.07) is 7.08. The smallest absolute Gasteiger partial charge is 0.256 e. The molecule has 0 spiro atoms. The molecule has 0 bridgehead atoms. The molecule has 0 radical (unpaired) electrons. The summed E-state index contributed by atoms with van der Waals surface area (Å²) >= 11 is 18.4. The van der Waals surface area contributed by atoms with E-state index in [1.54, 1.807) is 12.1 Å². The van der Waals surface area contributed by atoms with Gasteiger partial charge in [-0.1, -0.05) is 23.2 Å². The van der Waals surface area contributed by atoms with Crippen LogP contribution in [0.5, 0.6) is 0 Å². The minimum atomic E-state index is -0.432. The summed E-state index contributed by atoms with van der Waals surface area (Å²) in [5.74, 6) is -0.852. The highest BCUT2D eigenvalue weighted by Crippen LogP contribution is 2.36. The molecule has 0 saturated heterocycles. The summed E-state index contributed by atoms with van der Waals surface area (Å²) in [4.78, 5) is 12.1. The number of halogens is 5. The molecule has 0 heterocycles. The van der Waals surface area contributed by atoms with E-state index in [-0.39, 0.29) is 5.02 Å². The lowest BCUT2D eigenvalue weighted by Crippen LogP contribution is -2.13. The first-order chi connectivity index (χ1) is 9.40. The molecule has 0 aliphatic rings. The van der Waals surface area contributed by atoms with Crippen molar-refractivity contribution >= 4 is 66.7 Å². The van der Waals surface area contributed by atoms with E-state index in [2.05, 4.69) is 37.2 Å². The van der Waals surface area contributed by atoms with Crippen molar-refractivity contribution in [3.63, 3.8) is 0 Å². The van der Waals surface area contributed by atoms with E-state index < -0.39 is 11.7 Å². The van der Waals surface area contributed by atoms with Gasteiger partial charge in [0.15, 0.2) is 0 Å². The van der Waals surface area contributed by atoms with Gasteiger partial charge in [0, 0.05) is 8.95 Å². The average Bonchev–Trinajstić information content (AvgIpc) is 2.39. The summed E-state index contributed by atoms with van der Waals surface area (Å²) in [5, 5.41) is 3.16. The summed E-state index contributed by atoms with van der Waals surface area (Å²) in [6.07, 6.45) is 0. The molecular weight excluding hydrogens is 436 g/mol. The van der Waals surface area contributed by atoms with Crippen molar-refractivity contribution < 1.29 is 9.18 Å². The van der Waals surface area contributed by atoms with Crippen molar-refractivity contribution in [1.29, 1.82) is 0 Å². The molecule has 0 aliphatic heterocycles. The average molecular weight is 442 g/mol. The number of hydrogen-bond acceptors (Lipinski definition) is 1. The Labute approximate surface area is 141 Å². The standard InChI is InChI=1S/C13H6Br2Cl2FNO/c14-8-3-4-10(12(17)11(8)16)19-13(20)7-2-1-6(18)5-9(7)15/h1-5H,(H,19,20). The number of amides is 1. The van der Waals surface area contributed by atoms with Crippen LogP contribution < -0.4 is 5.32 Å². The van der Waals surface area contributed by atoms with Crippen LogP contribution in [0.25, 0.3) is 0 Å². The summed E-state index contributed by atoms with van der Waals surface area (Å²) in [5.41, 5.74) is 0.669. The second-order valence-electron chi connectivity index (χ2n) is 3.80. The Balaban J connectivity index is 2.30. The number of nitrogens with one attached hydrogen (secondary N) is 1. The van der Waals surface area contributed by atoms with Gasteiger partial charge < -0.3 is 5.32 Å². The molecule has 20 heavy (non-hydrogen) atoms. The van der Waals surface area contributed by atoms with Gasteiger partial charge in [0.05, 0.1) is 21.3 Å². The third-order valence-electron chi connectivity index (χ3n) is 2.46. The van der Waals surface area contributed by atoms with Gasteiger partial charge in [-0.05, 0) is 62.2 Å². The van der Waals surface area contributed by atoms with Crippen LogP contribution in [-0.4, -0.2) is 5.91 Å². The normalized spacial score (nSPS) is 10.4. The Kier molecular flexibility index (Phi) is 5.07. The Bertz CT molecular complexity index is 694. The number of carbonyl (C=O) groups excluding carboxylic acids is 1. The number of carbonyl (C=O) groups is 1. The summed E-state index contributed by atoms with van der Waals surface area (Å²) in [7, 11) is 0. The topological polar surface area (TPSA) is 29.1 Å². The largest absolute Gasteiger partial charge is 0.321 e. The summed E-state index contributed by atoms with van der Waals surface area (Å²) in [6.45, 7) is 0. The van der Waals surface area contributed by atoms with Gasteiger partial charge in [-0.15, -0.1) is 0 Å². The van der Waals surface area contributed by atoms with Crippen molar-refractivity contribution in [1.82, 2.24) is 0 Å². The Hall–Kier alpha value is -0.620. The second kappa shape index (κ2) is 6.43. The molecule has 0 unspecified atom stereocenters. The highest BCUT2D eigenvalue weighted by molar-refractivity contribution is 9.10. The van der Waals surface area contributed by atoms with Gasteiger partial charge in [-0.25, -0.2) is 4.39 Å². The predicted octanol–water partition coefficient (Wildman–Crippen LogP) is 5.91. The van der Waals surface area contributed by atoms with E-state index in [1.807, 2.05) is 0 Å². The maximum atomic E-state index is 13.0. The van der Waals surface area contributed by atoms with Crippen LogP contribution in [0.2, 0.25) is 10.0 Å². The molecule has 0 atom stereocenters. The minimum Gasteiger partial charge on any atom is -0.321 e. The molecule has 1 amide bonds. The van der Waals surface area contributed by atoms with Crippen molar-refractivity contribution in [3.8, 4) is 0 Å². The first-order valence-corrected chi connectivity index (χ1v) is 7.64. The maximum Gasteiger partial charge on any atom is 0.256 e. The maximum absolute atomic E-state index is 13.0. The van der Waals surface area contributed by atoms with Gasteiger partial charge in [0.2, 0.25) is 0 Å². The van der Waals surface area contributed by atoms with Crippen LogP contribution in [0, 0.1) is 5.82 Å². The molecule has 0 fully saturated rings. The van der Waals surface area contributed by atoms with E-state index in [9.17, 15) is 9.18 Å². The molecule has 2 aromatic rings. The fourth-order valence-electron chi connectivity index (χ4n) is 1.49. The molecule has 0 saturated carbocycles. The third kappa shape index (κ3) is 3.34. The van der Waals surface area contributed by atoms with Crippen LogP contribution in [0.3, 0.4) is 0 Å². The van der Waals surface area contributed by atoms with Gasteiger partial charge in [-0.2, -0.15) is 0 Å². The van der Waals surface area contributed by atoms with E-state index in [0.717, 1.165) is 0 Å². The van der Waals surface area contributed by atoms with E-state index in [0.29, 0.717) is 25.2 Å². The van der Waals surface area contributed by atoms with Crippen LogP contribution in [0.1, 0.15) is 10.4 Å². The van der Waals surface area contributed by atoms with Crippen LogP contribution in [-0.2, 0) is 0 Å². The van der Waals surface area contributed by atoms with Crippen LogP contribution in [0.15, 0.2) is 39.3 Å². The van der Waals surface area contributed by atoms with Gasteiger partial charge in [0.25, 0.3) is 5.91 Å².